The normalized spacial score (nSPS) is 36.0. The number of alkyl halides is 3. The molecule has 2 aliphatic heterocycles. The molecular weight excluding hydrogens is 413 g/mol. The van der Waals surface area contributed by atoms with E-state index in [1.54, 1.807) is 12.1 Å². The number of ether oxygens (including phenoxy) is 2. The Bertz CT molecular complexity index is 845. The van der Waals surface area contributed by atoms with Crippen molar-refractivity contribution in [1.82, 2.24) is 0 Å². The molecule has 158 valence electrons. The van der Waals surface area contributed by atoms with Gasteiger partial charge in [0.2, 0.25) is 0 Å². The molecule has 1 spiro atoms. The number of hydrogen-bond acceptors (Lipinski definition) is 9. The molecule has 1 saturated heterocycles. The van der Waals surface area contributed by atoms with Gasteiger partial charge in [0.05, 0.1) is 6.61 Å². The van der Waals surface area contributed by atoms with Crippen molar-refractivity contribution in [3.05, 3.63) is 29.8 Å². The molecule has 0 unspecified atom stereocenters. The molecule has 0 saturated carbocycles. The van der Waals surface area contributed by atoms with E-state index in [9.17, 15) is 42.0 Å². The molecule has 9 nitrogen and oxygen atoms in total. The van der Waals surface area contributed by atoms with Crippen LogP contribution in [0, 0.1) is 0 Å². The summed E-state index contributed by atoms with van der Waals surface area (Å²) in [6.07, 6.45) is -6.81. The molecule has 2 heterocycles. The average Bonchev–Trinajstić information content (AvgIpc) is 2.62. The van der Waals surface area contributed by atoms with E-state index in [1.165, 1.54) is 12.1 Å². The van der Waals surface area contributed by atoms with Crippen LogP contribution in [-0.4, -0.2) is 70.8 Å². The lowest BCUT2D eigenvalue weighted by Gasteiger charge is -2.54. The van der Waals surface area contributed by atoms with Crippen molar-refractivity contribution < 1.29 is 55.7 Å². The molecule has 4 N–H and O–H groups in total. The van der Waals surface area contributed by atoms with E-state index in [0.717, 1.165) is 0 Å². The maximum absolute atomic E-state index is 12.8. The molecule has 13 heteroatoms. The number of hydrogen-bond donors (Lipinski definition) is 4. The largest absolute Gasteiger partial charge is 0.523 e. The maximum Gasteiger partial charge on any atom is 0.523 e. The Morgan fingerprint density at radius 3 is 2.50 bits per heavy atom. The number of aliphatic hydroxyl groups is 4. The summed E-state index contributed by atoms with van der Waals surface area (Å²) in [6.45, 7) is -0.910. The number of rotatable bonds is 3. The van der Waals surface area contributed by atoms with E-state index in [-0.39, 0.29) is 12.2 Å². The molecule has 0 bridgehead atoms. The molecule has 1 aromatic carbocycles. The molecule has 0 amide bonds. The van der Waals surface area contributed by atoms with Gasteiger partial charge in [-0.1, -0.05) is 18.2 Å². The van der Waals surface area contributed by atoms with Crippen LogP contribution in [-0.2, 0) is 25.5 Å². The summed E-state index contributed by atoms with van der Waals surface area (Å²) in [7, 11) is -6.43. The molecule has 0 aliphatic carbocycles. The maximum atomic E-state index is 12.8. The SMILES string of the molecule is O=S(=O)(O[C@@]1(O)[C@@H](O)[C@H](O)[C@@H](CO)O[C@@]12CCc1ccccc1O2)C(F)(F)F. The minimum Gasteiger partial charge on any atom is -0.456 e. The highest BCUT2D eigenvalue weighted by Crippen LogP contribution is 2.48. The zero-order chi connectivity index (χ0) is 21.0. The predicted octanol–water partition coefficient (Wildman–Crippen LogP) is -0.624. The van der Waals surface area contributed by atoms with Gasteiger partial charge in [-0.25, -0.2) is 4.18 Å². The van der Waals surface area contributed by atoms with Crippen LogP contribution in [0.4, 0.5) is 13.2 Å². The molecule has 5 atom stereocenters. The van der Waals surface area contributed by atoms with E-state index in [2.05, 4.69) is 4.18 Å². The van der Waals surface area contributed by atoms with Gasteiger partial charge in [-0.2, -0.15) is 21.6 Å². The van der Waals surface area contributed by atoms with Crippen molar-refractivity contribution in [2.45, 2.75) is 48.2 Å². The van der Waals surface area contributed by atoms with Crippen LogP contribution in [0.25, 0.3) is 0 Å². The first-order chi connectivity index (χ1) is 12.9. The molecule has 1 aromatic rings. The second kappa shape index (κ2) is 6.79. The Balaban J connectivity index is 2.11. The van der Waals surface area contributed by atoms with Crippen LogP contribution in [0.15, 0.2) is 24.3 Å². The second-order valence-corrected chi connectivity index (χ2v) is 7.95. The third-order valence-corrected chi connectivity index (χ3v) is 5.70. The van der Waals surface area contributed by atoms with E-state index >= 15 is 0 Å². The molecule has 3 rings (SSSR count). The van der Waals surface area contributed by atoms with Gasteiger partial charge in [-0.05, 0) is 18.1 Å². The highest BCUT2D eigenvalue weighted by molar-refractivity contribution is 7.87. The van der Waals surface area contributed by atoms with Gasteiger partial charge in [0, 0.05) is 6.42 Å². The third kappa shape index (κ3) is 3.16. The number of benzene rings is 1. The number of para-hydroxylation sites is 1. The fraction of sp³-hybridized carbons (Fsp3) is 0.600. The van der Waals surface area contributed by atoms with Crippen LogP contribution >= 0.6 is 0 Å². The van der Waals surface area contributed by atoms with Crippen molar-refractivity contribution in [3.8, 4) is 5.75 Å². The Morgan fingerprint density at radius 1 is 1.25 bits per heavy atom. The van der Waals surface area contributed by atoms with Gasteiger partial charge in [0.15, 0.2) is 0 Å². The zero-order valence-electron chi connectivity index (χ0n) is 14.0. The molecular formula is C15H17F3O9S. The summed E-state index contributed by atoms with van der Waals surface area (Å²) in [5, 5.41) is 40.4. The number of halogens is 3. The summed E-state index contributed by atoms with van der Waals surface area (Å²) in [6, 6.07) is 6.14. The molecule has 28 heavy (non-hydrogen) atoms. The van der Waals surface area contributed by atoms with Crippen LogP contribution in [0.2, 0.25) is 0 Å². The first kappa shape index (κ1) is 21.2. The van der Waals surface area contributed by atoms with Crippen molar-refractivity contribution in [1.29, 1.82) is 0 Å². The quantitative estimate of drug-likeness (QED) is 0.280. The lowest BCUT2D eigenvalue weighted by molar-refractivity contribution is -0.432. The monoisotopic (exact) mass is 430 g/mol. The van der Waals surface area contributed by atoms with Crippen LogP contribution in [0.3, 0.4) is 0 Å². The summed E-state index contributed by atoms with van der Waals surface area (Å²) >= 11 is 0. The van der Waals surface area contributed by atoms with E-state index in [1.807, 2.05) is 0 Å². The van der Waals surface area contributed by atoms with Crippen molar-refractivity contribution in [2.24, 2.45) is 0 Å². The minimum atomic E-state index is -6.43. The Kier molecular flexibility index (Phi) is 5.15. The highest BCUT2D eigenvalue weighted by Gasteiger charge is 2.71. The molecule has 0 aromatic heterocycles. The summed E-state index contributed by atoms with van der Waals surface area (Å²) in [5.41, 5.74) is -5.37. The lowest BCUT2D eigenvalue weighted by Crippen LogP contribution is -2.77. The fourth-order valence-electron chi connectivity index (χ4n) is 3.20. The topological polar surface area (TPSA) is 143 Å². The number of aliphatic hydroxyl groups excluding tert-OH is 3. The Morgan fingerprint density at radius 2 is 1.89 bits per heavy atom. The first-order valence-corrected chi connectivity index (χ1v) is 9.44. The third-order valence-electron chi connectivity index (χ3n) is 4.66. The average molecular weight is 430 g/mol. The summed E-state index contributed by atoms with van der Waals surface area (Å²) < 4.78 is 76.3. The second-order valence-electron chi connectivity index (χ2n) is 6.42. The van der Waals surface area contributed by atoms with Crippen LogP contribution in [0.1, 0.15) is 12.0 Å². The standard InChI is InChI=1S/C15H17F3O9S/c16-15(17,18)28(23,24)27-14(22)12(21)11(20)10(7-19)26-13(14)6-5-8-3-1-2-4-9(8)25-13/h1-4,10-12,19-22H,5-7H2/t10-,11-,12+,13+,14+/m1/s1. The van der Waals surface area contributed by atoms with Crippen molar-refractivity contribution >= 4 is 10.1 Å². The van der Waals surface area contributed by atoms with Gasteiger partial charge in [-0.3, -0.25) is 0 Å². The molecule has 2 aliphatic rings. The van der Waals surface area contributed by atoms with Gasteiger partial charge in [0.1, 0.15) is 24.1 Å². The summed E-state index contributed by atoms with van der Waals surface area (Å²) in [4.78, 5) is 0. The van der Waals surface area contributed by atoms with Crippen molar-refractivity contribution in [2.75, 3.05) is 6.61 Å². The van der Waals surface area contributed by atoms with E-state index < -0.39 is 58.5 Å². The Labute approximate surface area is 157 Å². The van der Waals surface area contributed by atoms with Gasteiger partial charge < -0.3 is 29.9 Å². The van der Waals surface area contributed by atoms with E-state index in [0.29, 0.717) is 5.56 Å². The van der Waals surface area contributed by atoms with Crippen LogP contribution < -0.4 is 4.74 Å². The number of fused-ring (bicyclic) bond motifs is 1. The lowest BCUT2D eigenvalue weighted by atomic mass is 9.84. The first-order valence-electron chi connectivity index (χ1n) is 8.03. The smallest absolute Gasteiger partial charge is 0.456 e. The minimum absolute atomic E-state index is 0.0282. The molecule has 0 radical (unpaired) electrons. The van der Waals surface area contributed by atoms with E-state index in [4.69, 9.17) is 9.47 Å². The fourth-order valence-corrected chi connectivity index (χ4v) is 3.86. The Hall–Kier alpha value is -1.48. The van der Waals surface area contributed by atoms with Gasteiger partial charge >= 0.3 is 15.6 Å². The zero-order valence-corrected chi connectivity index (χ0v) is 14.9. The van der Waals surface area contributed by atoms with Gasteiger partial charge in [-0.15, -0.1) is 0 Å². The number of aryl methyl sites for hydroxylation is 1. The van der Waals surface area contributed by atoms with Gasteiger partial charge in [0.25, 0.3) is 11.6 Å². The van der Waals surface area contributed by atoms with Crippen molar-refractivity contribution in [3.63, 3.8) is 0 Å². The van der Waals surface area contributed by atoms with Crippen LogP contribution in [0.5, 0.6) is 5.75 Å². The predicted molar refractivity (Wildman–Crippen MR) is 83.1 cm³/mol. The summed E-state index contributed by atoms with van der Waals surface area (Å²) in [5.74, 6) is -6.30. The molecule has 1 fully saturated rings. The highest BCUT2D eigenvalue weighted by atomic mass is 32.2.